The summed E-state index contributed by atoms with van der Waals surface area (Å²) >= 11 is 0. The van der Waals surface area contributed by atoms with Gasteiger partial charge in [-0.1, -0.05) is 30.3 Å². The topological polar surface area (TPSA) is 24.5 Å². The summed E-state index contributed by atoms with van der Waals surface area (Å²) in [7, 11) is 1.70. The average molecular weight is 282 g/mol. The Hall–Kier alpha value is -2.00. The van der Waals surface area contributed by atoms with Gasteiger partial charge in [0, 0.05) is 31.9 Å². The summed E-state index contributed by atoms with van der Waals surface area (Å²) in [5.41, 5.74) is 4.12. The van der Waals surface area contributed by atoms with Crippen molar-refractivity contribution in [3.8, 4) is 5.75 Å². The highest BCUT2D eigenvalue weighted by atomic mass is 16.5. The Morgan fingerprint density at radius 3 is 2.71 bits per heavy atom. The molecule has 0 saturated heterocycles. The van der Waals surface area contributed by atoms with Crippen molar-refractivity contribution in [1.29, 1.82) is 0 Å². The first-order valence-electron chi connectivity index (χ1n) is 7.53. The van der Waals surface area contributed by atoms with E-state index in [-0.39, 0.29) is 0 Å². The van der Waals surface area contributed by atoms with Gasteiger partial charge in [-0.2, -0.15) is 0 Å². The fraction of sp³-hybridized carbons (Fsp3) is 0.333. The number of ether oxygens (including phenoxy) is 1. The number of anilines is 1. The molecular weight excluding hydrogens is 260 g/mol. The van der Waals surface area contributed by atoms with Crippen LogP contribution in [0.25, 0.3) is 0 Å². The Balaban J connectivity index is 1.69. The van der Waals surface area contributed by atoms with E-state index in [4.69, 9.17) is 4.74 Å². The monoisotopic (exact) mass is 282 g/mol. The van der Waals surface area contributed by atoms with Crippen LogP contribution in [-0.4, -0.2) is 26.7 Å². The summed E-state index contributed by atoms with van der Waals surface area (Å²) in [5.74, 6) is 0.920. The summed E-state index contributed by atoms with van der Waals surface area (Å²) in [6.45, 7) is 4.12. The number of fused-ring (bicyclic) bond motifs is 1. The number of nitrogens with zero attached hydrogens (tertiary/aromatic N) is 1. The quantitative estimate of drug-likeness (QED) is 0.933. The van der Waals surface area contributed by atoms with E-state index < -0.39 is 0 Å². The van der Waals surface area contributed by atoms with Crippen molar-refractivity contribution in [1.82, 2.24) is 5.32 Å². The lowest BCUT2D eigenvalue weighted by Crippen LogP contribution is -2.30. The minimum atomic E-state index is 0.920. The largest absolute Gasteiger partial charge is 0.497 e. The second-order valence-corrected chi connectivity index (χ2v) is 5.39. The number of nitrogens with one attached hydrogen (secondary N) is 1. The van der Waals surface area contributed by atoms with Crippen LogP contribution in [0.2, 0.25) is 0 Å². The average Bonchev–Trinajstić information content (AvgIpc) is 2.76. The van der Waals surface area contributed by atoms with Crippen LogP contribution in [0.5, 0.6) is 5.75 Å². The maximum atomic E-state index is 5.21. The molecule has 1 aliphatic heterocycles. The van der Waals surface area contributed by atoms with Gasteiger partial charge in [-0.25, -0.2) is 0 Å². The molecule has 0 saturated carbocycles. The Kier molecular flexibility index (Phi) is 4.41. The van der Waals surface area contributed by atoms with Gasteiger partial charge in [0.25, 0.3) is 0 Å². The zero-order valence-corrected chi connectivity index (χ0v) is 12.5. The van der Waals surface area contributed by atoms with E-state index in [1.165, 1.54) is 16.8 Å². The lowest BCUT2D eigenvalue weighted by Gasteiger charge is -2.24. The number of benzene rings is 2. The van der Waals surface area contributed by atoms with Crippen molar-refractivity contribution < 1.29 is 4.74 Å². The van der Waals surface area contributed by atoms with E-state index in [0.717, 1.165) is 38.3 Å². The highest BCUT2D eigenvalue weighted by Gasteiger charge is 2.13. The lowest BCUT2D eigenvalue weighted by molar-refractivity contribution is 0.414. The van der Waals surface area contributed by atoms with Crippen LogP contribution in [0, 0.1) is 0 Å². The molecule has 1 heterocycles. The summed E-state index contributed by atoms with van der Waals surface area (Å²) < 4.78 is 5.21. The predicted molar refractivity (Wildman–Crippen MR) is 87.1 cm³/mol. The predicted octanol–water partition coefficient (Wildman–Crippen LogP) is 2.85. The second kappa shape index (κ2) is 6.64. The Labute approximate surface area is 126 Å². The molecule has 110 valence electrons. The fourth-order valence-electron chi connectivity index (χ4n) is 2.81. The molecule has 0 spiro atoms. The molecule has 0 aliphatic carbocycles. The first-order chi connectivity index (χ1) is 10.4. The molecule has 3 nitrogen and oxygen atoms in total. The molecule has 21 heavy (non-hydrogen) atoms. The van der Waals surface area contributed by atoms with E-state index in [2.05, 4.69) is 46.6 Å². The van der Waals surface area contributed by atoms with Crippen LogP contribution in [0.4, 0.5) is 5.69 Å². The molecule has 1 aliphatic rings. The van der Waals surface area contributed by atoms with Gasteiger partial charge in [0.1, 0.15) is 5.75 Å². The number of methoxy groups -OCH3 is 1. The fourth-order valence-corrected chi connectivity index (χ4v) is 2.81. The standard InChI is InChI=1S/C18H22N2O/c1-21-17-8-6-15(7-9-17)10-12-20-13-11-19-14-16-4-2-3-5-18(16)20/h2-9,19H,10-14H2,1H3. The van der Waals surface area contributed by atoms with E-state index >= 15 is 0 Å². The third-order valence-corrected chi connectivity index (χ3v) is 4.04. The summed E-state index contributed by atoms with van der Waals surface area (Å²) in [6, 6.07) is 17.1. The molecule has 0 unspecified atom stereocenters. The van der Waals surface area contributed by atoms with Crippen LogP contribution in [0.15, 0.2) is 48.5 Å². The minimum Gasteiger partial charge on any atom is -0.497 e. The maximum Gasteiger partial charge on any atom is 0.118 e. The van der Waals surface area contributed by atoms with Crippen molar-refractivity contribution in [3.05, 3.63) is 59.7 Å². The second-order valence-electron chi connectivity index (χ2n) is 5.39. The van der Waals surface area contributed by atoms with Gasteiger partial charge in [-0.05, 0) is 35.7 Å². The van der Waals surface area contributed by atoms with Crippen LogP contribution in [-0.2, 0) is 13.0 Å². The van der Waals surface area contributed by atoms with E-state index in [0.29, 0.717) is 0 Å². The summed E-state index contributed by atoms with van der Waals surface area (Å²) in [6.07, 6.45) is 1.05. The number of hydrogen-bond acceptors (Lipinski definition) is 3. The lowest BCUT2D eigenvalue weighted by atomic mass is 10.1. The Bertz CT molecular complexity index is 580. The van der Waals surface area contributed by atoms with Gasteiger partial charge in [0.15, 0.2) is 0 Å². The van der Waals surface area contributed by atoms with Gasteiger partial charge >= 0.3 is 0 Å². The third-order valence-electron chi connectivity index (χ3n) is 4.04. The molecule has 1 N–H and O–H groups in total. The van der Waals surface area contributed by atoms with Crippen molar-refractivity contribution in [3.63, 3.8) is 0 Å². The maximum absolute atomic E-state index is 5.21. The molecule has 3 heteroatoms. The molecule has 3 rings (SSSR count). The van der Waals surface area contributed by atoms with E-state index in [1.807, 2.05) is 12.1 Å². The third kappa shape index (κ3) is 3.37. The number of hydrogen-bond donors (Lipinski definition) is 1. The van der Waals surface area contributed by atoms with Gasteiger partial charge in [0.05, 0.1) is 7.11 Å². The van der Waals surface area contributed by atoms with Crippen LogP contribution in [0.1, 0.15) is 11.1 Å². The molecule has 0 amide bonds. The van der Waals surface area contributed by atoms with Gasteiger partial charge in [0.2, 0.25) is 0 Å². The zero-order chi connectivity index (χ0) is 14.5. The van der Waals surface area contributed by atoms with Crippen molar-refractivity contribution in [2.45, 2.75) is 13.0 Å². The Morgan fingerprint density at radius 2 is 1.90 bits per heavy atom. The van der Waals surface area contributed by atoms with Gasteiger partial charge in [-0.15, -0.1) is 0 Å². The van der Waals surface area contributed by atoms with Crippen molar-refractivity contribution >= 4 is 5.69 Å². The molecule has 0 fully saturated rings. The summed E-state index contributed by atoms with van der Waals surface area (Å²) in [5, 5.41) is 3.49. The number of para-hydroxylation sites is 1. The normalized spacial score (nSPS) is 14.4. The van der Waals surface area contributed by atoms with Crippen molar-refractivity contribution in [2.75, 3.05) is 31.6 Å². The van der Waals surface area contributed by atoms with Crippen LogP contribution >= 0.6 is 0 Å². The molecule has 0 bridgehead atoms. The smallest absolute Gasteiger partial charge is 0.118 e. The molecule has 0 radical (unpaired) electrons. The van der Waals surface area contributed by atoms with Crippen LogP contribution < -0.4 is 15.0 Å². The first kappa shape index (κ1) is 14.0. The molecule has 0 atom stereocenters. The molecule has 2 aromatic rings. The SMILES string of the molecule is COc1ccc(CCN2CCNCc3ccccc32)cc1. The molecule has 2 aromatic carbocycles. The van der Waals surface area contributed by atoms with E-state index in [1.54, 1.807) is 7.11 Å². The zero-order valence-electron chi connectivity index (χ0n) is 12.5. The molecular formula is C18H22N2O. The highest BCUT2D eigenvalue weighted by Crippen LogP contribution is 2.22. The van der Waals surface area contributed by atoms with Crippen LogP contribution in [0.3, 0.4) is 0 Å². The first-order valence-corrected chi connectivity index (χ1v) is 7.53. The number of rotatable bonds is 4. The minimum absolute atomic E-state index is 0.920. The van der Waals surface area contributed by atoms with Gasteiger partial charge in [-0.3, -0.25) is 0 Å². The Morgan fingerprint density at radius 1 is 1.10 bits per heavy atom. The summed E-state index contributed by atoms with van der Waals surface area (Å²) in [4.78, 5) is 2.49. The molecule has 0 aromatic heterocycles. The van der Waals surface area contributed by atoms with Crippen molar-refractivity contribution in [2.24, 2.45) is 0 Å². The van der Waals surface area contributed by atoms with E-state index in [9.17, 15) is 0 Å². The highest BCUT2D eigenvalue weighted by molar-refractivity contribution is 5.54. The van der Waals surface area contributed by atoms with Gasteiger partial charge < -0.3 is 15.0 Å².